The third-order valence-corrected chi connectivity index (χ3v) is 4.49. The third-order valence-electron chi connectivity index (χ3n) is 3.21. The number of nitrogens with zero attached hydrogens (tertiary/aromatic N) is 1. The highest BCUT2D eigenvalue weighted by Gasteiger charge is 2.25. The minimum atomic E-state index is 0.105. The highest BCUT2D eigenvalue weighted by atomic mass is 35.5. The third kappa shape index (κ3) is 4.13. The quantitative estimate of drug-likeness (QED) is 0.927. The van der Waals surface area contributed by atoms with Crippen molar-refractivity contribution < 1.29 is 4.79 Å². The lowest BCUT2D eigenvalue weighted by molar-refractivity contribution is -0.122. The van der Waals surface area contributed by atoms with Gasteiger partial charge in [-0.2, -0.15) is 11.8 Å². The second-order valence-electron chi connectivity index (χ2n) is 4.57. The molecule has 0 radical (unpaired) electrons. The van der Waals surface area contributed by atoms with Crippen LogP contribution in [0.15, 0.2) is 24.3 Å². The van der Waals surface area contributed by atoms with E-state index in [0.717, 1.165) is 23.1 Å². The van der Waals surface area contributed by atoms with Gasteiger partial charge >= 0.3 is 0 Å². The Bertz CT molecular complexity index is 424. The van der Waals surface area contributed by atoms with Gasteiger partial charge in [-0.15, -0.1) is 0 Å². The molecule has 1 heterocycles. The number of rotatable bonds is 4. The molecule has 1 aromatic carbocycles. The summed E-state index contributed by atoms with van der Waals surface area (Å²) in [6.45, 7) is 4.06. The number of carbonyl (C=O) groups is 1. The predicted octanol–water partition coefficient (Wildman–Crippen LogP) is 2.57. The number of halogens is 1. The largest absolute Gasteiger partial charge is 0.355 e. The molecule has 1 aliphatic rings. The lowest BCUT2D eigenvalue weighted by atomic mass is 10.1. The number of carbonyl (C=O) groups excluding carboxylic acids is 1. The van der Waals surface area contributed by atoms with Crippen LogP contribution >= 0.6 is 23.4 Å². The van der Waals surface area contributed by atoms with Crippen LogP contribution in [0.3, 0.4) is 0 Å². The highest BCUT2D eigenvalue weighted by molar-refractivity contribution is 7.99. The second kappa shape index (κ2) is 7.17. The zero-order valence-electron chi connectivity index (χ0n) is 11.1. The van der Waals surface area contributed by atoms with E-state index in [1.54, 1.807) is 0 Å². The molecule has 1 N–H and O–H groups in total. The SMILES string of the molecule is CCNC(=O)CN1CCSC[C@H]1c1ccc(Cl)cc1. The van der Waals surface area contributed by atoms with Gasteiger partial charge in [-0.3, -0.25) is 9.69 Å². The van der Waals surface area contributed by atoms with Gasteiger partial charge in [-0.25, -0.2) is 0 Å². The van der Waals surface area contributed by atoms with Gasteiger partial charge in [0.2, 0.25) is 5.91 Å². The molecule has 0 saturated carbocycles. The Kier molecular flexibility index (Phi) is 5.55. The summed E-state index contributed by atoms with van der Waals surface area (Å²) in [5, 5.41) is 3.62. The van der Waals surface area contributed by atoms with Crippen molar-refractivity contribution in [2.24, 2.45) is 0 Å². The zero-order chi connectivity index (χ0) is 13.7. The number of hydrogen-bond acceptors (Lipinski definition) is 3. The van der Waals surface area contributed by atoms with E-state index >= 15 is 0 Å². The Labute approximate surface area is 123 Å². The van der Waals surface area contributed by atoms with E-state index in [9.17, 15) is 4.79 Å². The normalized spacial score (nSPS) is 20.2. The minimum absolute atomic E-state index is 0.105. The Morgan fingerprint density at radius 1 is 1.47 bits per heavy atom. The van der Waals surface area contributed by atoms with Crippen molar-refractivity contribution >= 4 is 29.3 Å². The van der Waals surface area contributed by atoms with Crippen molar-refractivity contribution in [2.45, 2.75) is 13.0 Å². The predicted molar refractivity (Wildman–Crippen MR) is 81.8 cm³/mol. The van der Waals surface area contributed by atoms with Crippen molar-refractivity contribution in [1.29, 1.82) is 0 Å². The Morgan fingerprint density at radius 2 is 2.21 bits per heavy atom. The molecule has 0 aromatic heterocycles. The molecule has 1 amide bonds. The fraction of sp³-hybridized carbons (Fsp3) is 0.500. The summed E-state index contributed by atoms with van der Waals surface area (Å²) in [7, 11) is 0. The average Bonchev–Trinajstić information content (AvgIpc) is 2.41. The van der Waals surface area contributed by atoms with Crippen LogP contribution in [0.5, 0.6) is 0 Å². The fourth-order valence-corrected chi connectivity index (χ4v) is 3.54. The van der Waals surface area contributed by atoms with E-state index in [0.29, 0.717) is 19.1 Å². The monoisotopic (exact) mass is 298 g/mol. The van der Waals surface area contributed by atoms with Gasteiger partial charge in [0, 0.05) is 35.7 Å². The molecule has 1 atom stereocenters. The van der Waals surface area contributed by atoms with Crippen LogP contribution in [0.1, 0.15) is 18.5 Å². The number of benzene rings is 1. The molecule has 1 aliphatic heterocycles. The van der Waals surface area contributed by atoms with Crippen LogP contribution in [-0.2, 0) is 4.79 Å². The van der Waals surface area contributed by atoms with Crippen molar-refractivity contribution in [2.75, 3.05) is 31.1 Å². The first-order valence-corrected chi connectivity index (χ1v) is 8.08. The van der Waals surface area contributed by atoms with Crippen LogP contribution < -0.4 is 5.32 Å². The lowest BCUT2D eigenvalue weighted by Crippen LogP contribution is -2.43. The molecule has 1 aromatic rings. The number of nitrogens with one attached hydrogen (secondary N) is 1. The Morgan fingerprint density at radius 3 is 2.89 bits per heavy atom. The maximum Gasteiger partial charge on any atom is 0.234 e. The molecule has 19 heavy (non-hydrogen) atoms. The van der Waals surface area contributed by atoms with E-state index in [1.807, 2.05) is 30.8 Å². The molecule has 1 saturated heterocycles. The average molecular weight is 299 g/mol. The van der Waals surface area contributed by atoms with E-state index in [1.165, 1.54) is 5.56 Å². The van der Waals surface area contributed by atoms with E-state index < -0.39 is 0 Å². The molecule has 0 spiro atoms. The summed E-state index contributed by atoms with van der Waals surface area (Å²) in [6, 6.07) is 8.26. The van der Waals surface area contributed by atoms with E-state index in [2.05, 4.69) is 22.3 Å². The molecular weight excluding hydrogens is 280 g/mol. The topological polar surface area (TPSA) is 32.3 Å². The molecule has 0 aliphatic carbocycles. The molecule has 1 fully saturated rings. The summed E-state index contributed by atoms with van der Waals surface area (Å²) < 4.78 is 0. The Hall–Kier alpha value is -0.710. The number of hydrogen-bond donors (Lipinski definition) is 1. The van der Waals surface area contributed by atoms with Gasteiger partial charge in [0.15, 0.2) is 0 Å². The van der Waals surface area contributed by atoms with Gasteiger partial charge in [0.25, 0.3) is 0 Å². The molecule has 2 rings (SSSR count). The van der Waals surface area contributed by atoms with Crippen molar-refractivity contribution in [3.05, 3.63) is 34.9 Å². The smallest absolute Gasteiger partial charge is 0.234 e. The van der Waals surface area contributed by atoms with Crippen LogP contribution in [-0.4, -0.2) is 41.9 Å². The first-order valence-electron chi connectivity index (χ1n) is 6.54. The van der Waals surface area contributed by atoms with Crippen molar-refractivity contribution in [3.63, 3.8) is 0 Å². The van der Waals surface area contributed by atoms with Gasteiger partial charge in [-0.1, -0.05) is 23.7 Å². The number of thioether (sulfide) groups is 1. The summed E-state index contributed by atoms with van der Waals surface area (Å²) in [6.07, 6.45) is 0. The summed E-state index contributed by atoms with van der Waals surface area (Å²) in [5.41, 5.74) is 1.24. The standard InChI is InChI=1S/C14H19ClN2OS/c1-2-16-14(18)9-17-7-8-19-10-13(17)11-3-5-12(15)6-4-11/h3-6,13H,2,7-10H2,1H3,(H,16,18)/t13-/m0/s1. The fourth-order valence-electron chi connectivity index (χ4n) is 2.26. The lowest BCUT2D eigenvalue weighted by Gasteiger charge is -2.35. The number of amides is 1. The van der Waals surface area contributed by atoms with Crippen molar-refractivity contribution in [1.82, 2.24) is 10.2 Å². The first-order chi connectivity index (χ1) is 9.20. The second-order valence-corrected chi connectivity index (χ2v) is 6.15. The summed E-state index contributed by atoms with van der Waals surface area (Å²) in [5.74, 6) is 2.22. The van der Waals surface area contributed by atoms with Crippen molar-refractivity contribution in [3.8, 4) is 0 Å². The highest BCUT2D eigenvalue weighted by Crippen LogP contribution is 2.29. The molecule has 3 nitrogen and oxygen atoms in total. The molecule has 5 heteroatoms. The van der Waals surface area contributed by atoms with Crippen LogP contribution in [0.4, 0.5) is 0 Å². The van der Waals surface area contributed by atoms with Gasteiger partial charge < -0.3 is 5.32 Å². The summed E-state index contributed by atoms with van der Waals surface area (Å²) in [4.78, 5) is 14.0. The first kappa shape index (κ1) is 14.7. The summed E-state index contributed by atoms with van der Waals surface area (Å²) >= 11 is 7.87. The van der Waals surface area contributed by atoms with Crippen LogP contribution in [0.25, 0.3) is 0 Å². The van der Waals surface area contributed by atoms with E-state index in [4.69, 9.17) is 11.6 Å². The van der Waals surface area contributed by atoms with Crippen LogP contribution in [0.2, 0.25) is 5.02 Å². The maximum absolute atomic E-state index is 11.8. The zero-order valence-corrected chi connectivity index (χ0v) is 12.6. The van der Waals surface area contributed by atoms with Gasteiger partial charge in [0.1, 0.15) is 0 Å². The molecule has 0 bridgehead atoms. The maximum atomic E-state index is 11.8. The Balaban J connectivity index is 2.07. The molecule has 0 unspecified atom stereocenters. The van der Waals surface area contributed by atoms with Gasteiger partial charge in [0.05, 0.1) is 6.54 Å². The van der Waals surface area contributed by atoms with E-state index in [-0.39, 0.29) is 5.91 Å². The minimum Gasteiger partial charge on any atom is -0.355 e. The number of likely N-dealkylation sites (N-methyl/N-ethyl adjacent to an activating group) is 1. The molecular formula is C14H19ClN2OS. The van der Waals surface area contributed by atoms with Crippen LogP contribution in [0, 0.1) is 0 Å². The molecule has 104 valence electrons. The van der Waals surface area contributed by atoms with Gasteiger partial charge in [-0.05, 0) is 24.6 Å².